The van der Waals surface area contributed by atoms with E-state index in [0.29, 0.717) is 12.2 Å². The summed E-state index contributed by atoms with van der Waals surface area (Å²) < 4.78 is 9.86. The molecule has 0 saturated heterocycles. The molecule has 0 bridgehead atoms. The van der Waals surface area contributed by atoms with E-state index in [4.69, 9.17) is 9.47 Å². The zero-order chi connectivity index (χ0) is 9.52. The van der Waals surface area contributed by atoms with Crippen LogP contribution in [0.1, 0.15) is 15.9 Å². The number of carbonyl (C=O) groups excluding carboxylic acids is 1. The van der Waals surface area contributed by atoms with E-state index in [1.54, 1.807) is 19.2 Å². The molecule has 0 fully saturated rings. The fourth-order valence-corrected chi connectivity index (χ4v) is 0.999. The highest BCUT2D eigenvalue weighted by atomic mass is 16.7. The van der Waals surface area contributed by atoms with Crippen LogP contribution in [-0.2, 0) is 16.1 Å². The van der Waals surface area contributed by atoms with Crippen LogP contribution in [0.2, 0.25) is 0 Å². The molecule has 3 nitrogen and oxygen atoms in total. The second-order valence-electron chi connectivity index (χ2n) is 2.62. The summed E-state index contributed by atoms with van der Waals surface area (Å²) >= 11 is 0. The van der Waals surface area contributed by atoms with Crippen molar-refractivity contribution in [1.29, 1.82) is 0 Å². The first-order valence-corrected chi connectivity index (χ1v) is 3.97. The summed E-state index contributed by atoms with van der Waals surface area (Å²) in [6, 6.07) is 7.29. The molecule has 0 spiro atoms. The van der Waals surface area contributed by atoms with Crippen LogP contribution in [0.3, 0.4) is 0 Å². The molecule has 3 heteroatoms. The minimum absolute atomic E-state index is 0.269. The second kappa shape index (κ2) is 5.45. The van der Waals surface area contributed by atoms with E-state index in [2.05, 4.69) is 0 Å². The summed E-state index contributed by atoms with van der Waals surface area (Å²) in [6.45, 7) is 0.737. The number of benzene rings is 1. The summed E-state index contributed by atoms with van der Waals surface area (Å²) in [5.41, 5.74) is 1.64. The van der Waals surface area contributed by atoms with Crippen LogP contribution < -0.4 is 0 Å². The van der Waals surface area contributed by atoms with Crippen LogP contribution >= 0.6 is 0 Å². The maximum Gasteiger partial charge on any atom is 0.150 e. The zero-order valence-electron chi connectivity index (χ0n) is 7.53. The zero-order valence-corrected chi connectivity index (χ0v) is 7.53. The standard InChI is InChI=1S/C10H12O3/c1-12-8-13-7-10-4-2-3-9(5-10)6-11/h2-6H,7-8H2,1H3. The third-order valence-electron chi connectivity index (χ3n) is 1.56. The fourth-order valence-electron chi connectivity index (χ4n) is 0.999. The molecule has 0 aromatic heterocycles. The number of aldehydes is 1. The largest absolute Gasteiger partial charge is 0.359 e. The van der Waals surface area contributed by atoms with E-state index < -0.39 is 0 Å². The van der Waals surface area contributed by atoms with Gasteiger partial charge >= 0.3 is 0 Å². The molecule has 0 saturated carbocycles. The SMILES string of the molecule is COCOCc1cccc(C=O)c1. The highest BCUT2D eigenvalue weighted by Crippen LogP contribution is 2.04. The van der Waals surface area contributed by atoms with E-state index in [9.17, 15) is 4.79 Å². The Hall–Kier alpha value is -1.19. The third kappa shape index (κ3) is 3.36. The monoisotopic (exact) mass is 180 g/mol. The lowest BCUT2D eigenvalue weighted by Crippen LogP contribution is -1.97. The molecule has 0 unspecified atom stereocenters. The van der Waals surface area contributed by atoms with Gasteiger partial charge < -0.3 is 9.47 Å². The molecule has 0 atom stereocenters. The van der Waals surface area contributed by atoms with E-state index in [1.807, 2.05) is 12.1 Å². The Kier molecular flexibility index (Phi) is 4.15. The average molecular weight is 180 g/mol. The van der Waals surface area contributed by atoms with Crippen LogP contribution in [-0.4, -0.2) is 20.2 Å². The van der Waals surface area contributed by atoms with Gasteiger partial charge in [0, 0.05) is 12.7 Å². The van der Waals surface area contributed by atoms with Gasteiger partial charge in [-0.15, -0.1) is 0 Å². The molecule has 1 aromatic rings. The Labute approximate surface area is 77.3 Å². The van der Waals surface area contributed by atoms with Crippen LogP contribution in [0.15, 0.2) is 24.3 Å². The molecule has 13 heavy (non-hydrogen) atoms. The molecule has 0 radical (unpaired) electrons. The predicted molar refractivity (Wildman–Crippen MR) is 48.5 cm³/mol. The van der Waals surface area contributed by atoms with Gasteiger partial charge in [0.25, 0.3) is 0 Å². The molecule has 0 aliphatic rings. The third-order valence-corrected chi connectivity index (χ3v) is 1.56. The van der Waals surface area contributed by atoms with Crippen molar-refractivity contribution in [3.63, 3.8) is 0 Å². The Morgan fingerprint density at radius 1 is 1.46 bits per heavy atom. The van der Waals surface area contributed by atoms with E-state index in [1.165, 1.54) is 0 Å². The lowest BCUT2D eigenvalue weighted by atomic mass is 10.1. The fraction of sp³-hybridized carbons (Fsp3) is 0.300. The molecular weight excluding hydrogens is 168 g/mol. The molecular formula is C10H12O3. The first-order chi connectivity index (χ1) is 6.36. The molecule has 70 valence electrons. The minimum Gasteiger partial charge on any atom is -0.359 e. The molecule has 1 aromatic carbocycles. The van der Waals surface area contributed by atoms with Crippen molar-refractivity contribution in [2.24, 2.45) is 0 Å². The number of rotatable bonds is 5. The maximum absolute atomic E-state index is 10.4. The number of carbonyl (C=O) groups is 1. The normalized spacial score (nSPS) is 9.92. The Bertz CT molecular complexity index is 271. The lowest BCUT2D eigenvalue weighted by molar-refractivity contribution is -0.0390. The van der Waals surface area contributed by atoms with Crippen molar-refractivity contribution in [3.8, 4) is 0 Å². The van der Waals surface area contributed by atoms with Crippen LogP contribution in [0, 0.1) is 0 Å². The van der Waals surface area contributed by atoms with Crippen molar-refractivity contribution in [2.45, 2.75) is 6.61 Å². The minimum atomic E-state index is 0.269. The van der Waals surface area contributed by atoms with Crippen molar-refractivity contribution in [1.82, 2.24) is 0 Å². The van der Waals surface area contributed by atoms with Gasteiger partial charge in [-0.3, -0.25) is 4.79 Å². The Balaban J connectivity index is 2.51. The van der Waals surface area contributed by atoms with E-state index in [0.717, 1.165) is 11.8 Å². The molecule has 1 rings (SSSR count). The van der Waals surface area contributed by atoms with Crippen LogP contribution in [0.25, 0.3) is 0 Å². The summed E-state index contributed by atoms with van der Waals surface area (Å²) in [4.78, 5) is 10.4. The van der Waals surface area contributed by atoms with E-state index >= 15 is 0 Å². The Morgan fingerprint density at radius 2 is 2.31 bits per heavy atom. The summed E-state index contributed by atoms with van der Waals surface area (Å²) in [6.07, 6.45) is 0.819. The Morgan fingerprint density at radius 3 is 3.00 bits per heavy atom. The number of hydrogen-bond acceptors (Lipinski definition) is 3. The van der Waals surface area contributed by atoms with Gasteiger partial charge in [-0.05, 0) is 11.6 Å². The lowest BCUT2D eigenvalue weighted by Gasteiger charge is -2.02. The van der Waals surface area contributed by atoms with Gasteiger partial charge in [-0.25, -0.2) is 0 Å². The van der Waals surface area contributed by atoms with Gasteiger partial charge in [0.1, 0.15) is 13.1 Å². The van der Waals surface area contributed by atoms with Gasteiger partial charge in [0.2, 0.25) is 0 Å². The highest BCUT2D eigenvalue weighted by Gasteiger charge is 1.94. The number of hydrogen-bond donors (Lipinski definition) is 0. The molecule has 0 heterocycles. The van der Waals surface area contributed by atoms with Crippen molar-refractivity contribution in [2.75, 3.05) is 13.9 Å². The summed E-state index contributed by atoms with van der Waals surface area (Å²) in [5, 5.41) is 0. The smallest absolute Gasteiger partial charge is 0.150 e. The summed E-state index contributed by atoms with van der Waals surface area (Å²) in [7, 11) is 1.57. The predicted octanol–water partition coefficient (Wildman–Crippen LogP) is 1.62. The first kappa shape index (κ1) is 9.89. The molecule has 0 aliphatic carbocycles. The average Bonchev–Trinajstić information content (AvgIpc) is 2.19. The highest BCUT2D eigenvalue weighted by molar-refractivity contribution is 5.74. The van der Waals surface area contributed by atoms with Crippen molar-refractivity contribution in [3.05, 3.63) is 35.4 Å². The molecule has 0 N–H and O–H groups in total. The van der Waals surface area contributed by atoms with Crippen molar-refractivity contribution >= 4 is 6.29 Å². The molecule has 0 amide bonds. The van der Waals surface area contributed by atoms with Gasteiger partial charge in [0.15, 0.2) is 0 Å². The van der Waals surface area contributed by atoms with Crippen LogP contribution in [0.4, 0.5) is 0 Å². The first-order valence-electron chi connectivity index (χ1n) is 3.97. The van der Waals surface area contributed by atoms with Gasteiger partial charge in [-0.1, -0.05) is 18.2 Å². The van der Waals surface area contributed by atoms with Gasteiger partial charge in [-0.2, -0.15) is 0 Å². The van der Waals surface area contributed by atoms with Gasteiger partial charge in [0.05, 0.1) is 6.61 Å². The summed E-state index contributed by atoms with van der Waals surface area (Å²) in [5.74, 6) is 0. The molecule has 0 aliphatic heterocycles. The van der Waals surface area contributed by atoms with Crippen molar-refractivity contribution < 1.29 is 14.3 Å². The van der Waals surface area contributed by atoms with Crippen LogP contribution in [0.5, 0.6) is 0 Å². The second-order valence-corrected chi connectivity index (χ2v) is 2.62. The topological polar surface area (TPSA) is 35.5 Å². The number of ether oxygens (including phenoxy) is 2. The maximum atomic E-state index is 10.4. The quantitative estimate of drug-likeness (QED) is 0.392. The van der Waals surface area contributed by atoms with E-state index in [-0.39, 0.29) is 6.79 Å². The number of methoxy groups -OCH3 is 1.